The number of nitrogens with one attached hydrogen (secondary N) is 1. The summed E-state index contributed by atoms with van der Waals surface area (Å²) in [7, 11) is 3.23. The first-order chi connectivity index (χ1) is 12.7. The van der Waals surface area contributed by atoms with Gasteiger partial charge in [-0.3, -0.25) is 9.59 Å². The Bertz CT molecular complexity index is 637. The Balaban J connectivity index is 2.17. The Morgan fingerprint density at radius 1 is 1.15 bits per heavy atom. The number of carbonyl (C=O) groups is 2. The predicted molar refractivity (Wildman–Crippen MR) is 105 cm³/mol. The lowest BCUT2D eigenvalue weighted by Gasteiger charge is -2.23. The second-order valence-electron chi connectivity index (χ2n) is 8.31. The summed E-state index contributed by atoms with van der Waals surface area (Å²) in [4.78, 5) is 27.3. The van der Waals surface area contributed by atoms with E-state index in [2.05, 4.69) is 26.1 Å². The van der Waals surface area contributed by atoms with Crippen LogP contribution in [0.15, 0.2) is 24.3 Å². The Labute approximate surface area is 162 Å². The zero-order chi connectivity index (χ0) is 20.0. The van der Waals surface area contributed by atoms with Gasteiger partial charge in [0.15, 0.2) is 0 Å². The fraction of sp³-hybridized carbons (Fsp3) is 0.619. The van der Waals surface area contributed by atoms with E-state index in [0.717, 1.165) is 11.3 Å². The third-order valence-electron chi connectivity index (χ3n) is 4.84. The van der Waals surface area contributed by atoms with E-state index in [-0.39, 0.29) is 29.1 Å². The molecule has 1 heterocycles. The van der Waals surface area contributed by atoms with Crippen LogP contribution < -0.4 is 10.1 Å². The average Bonchev–Trinajstić information content (AvgIpc) is 3.06. The number of carbonyl (C=O) groups excluding carboxylic acids is 2. The molecule has 0 bridgehead atoms. The lowest BCUT2D eigenvalue weighted by atomic mass is 9.88. The second-order valence-corrected chi connectivity index (χ2v) is 8.31. The second kappa shape index (κ2) is 9.22. The van der Waals surface area contributed by atoms with E-state index in [1.807, 2.05) is 29.2 Å². The number of hydrogen-bond acceptors (Lipinski definition) is 4. The number of methoxy groups -OCH3 is 2. The van der Waals surface area contributed by atoms with Crippen LogP contribution in [0.1, 0.15) is 38.7 Å². The normalized spacial score (nSPS) is 19.8. The van der Waals surface area contributed by atoms with Crippen molar-refractivity contribution < 1.29 is 19.1 Å². The zero-order valence-electron chi connectivity index (χ0n) is 17.1. The molecule has 1 aromatic carbocycles. The maximum absolute atomic E-state index is 12.8. The highest BCUT2D eigenvalue weighted by atomic mass is 16.5. The standard InChI is InChI=1S/C21H32N2O4/c1-21(2,3)12-19(24)23-13-17(15-6-8-16(27-5)9-7-15)18(14-23)20(25)22-10-11-26-4/h6-9,17-18H,10-14H2,1-5H3,(H,22,25). The molecule has 150 valence electrons. The summed E-state index contributed by atoms with van der Waals surface area (Å²) >= 11 is 0. The number of hydrogen-bond donors (Lipinski definition) is 1. The van der Waals surface area contributed by atoms with Crippen LogP contribution in [0.25, 0.3) is 0 Å². The number of nitrogens with zero attached hydrogens (tertiary/aromatic N) is 1. The smallest absolute Gasteiger partial charge is 0.225 e. The van der Waals surface area contributed by atoms with Gasteiger partial charge in [-0.1, -0.05) is 32.9 Å². The van der Waals surface area contributed by atoms with Gasteiger partial charge in [0.2, 0.25) is 11.8 Å². The van der Waals surface area contributed by atoms with Gasteiger partial charge in [0.1, 0.15) is 5.75 Å². The topological polar surface area (TPSA) is 67.9 Å². The maximum atomic E-state index is 12.8. The summed E-state index contributed by atoms with van der Waals surface area (Å²) in [5, 5.41) is 2.93. The van der Waals surface area contributed by atoms with E-state index in [1.54, 1.807) is 14.2 Å². The summed E-state index contributed by atoms with van der Waals surface area (Å²) in [6.07, 6.45) is 0.473. The summed E-state index contributed by atoms with van der Waals surface area (Å²) in [6.45, 7) is 8.11. The summed E-state index contributed by atoms with van der Waals surface area (Å²) in [6, 6.07) is 7.76. The zero-order valence-corrected chi connectivity index (χ0v) is 17.1. The Hall–Kier alpha value is -2.08. The van der Waals surface area contributed by atoms with Crippen molar-refractivity contribution in [1.82, 2.24) is 10.2 Å². The molecule has 0 aliphatic carbocycles. The first kappa shape index (κ1) is 21.2. The lowest BCUT2D eigenvalue weighted by Crippen LogP contribution is -2.37. The van der Waals surface area contributed by atoms with Gasteiger partial charge in [-0.15, -0.1) is 0 Å². The molecule has 2 atom stereocenters. The summed E-state index contributed by atoms with van der Waals surface area (Å²) in [5.41, 5.74) is 0.972. The minimum atomic E-state index is -0.265. The van der Waals surface area contributed by atoms with E-state index in [9.17, 15) is 9.59 Å². The molecule has 6 heteroatoms. The van der Waals surface area contributed by atoms with Crippen molar-refractivity contribution in [3.63, 3.8) is 0 Å². The van der Waals surface area contributed by atoms with Gasteiger partial charge in [0.25, 0.3) is 0 Å². The van der Waals surface area contributed by atoms with Crippen LogP contribution in [0.3, 0.4) is 0 Å². The van der Waals surface area contributed by atoms with Gasteiger partial charge in [-0.2, -0.15) is 0 Å². The molecule has 1 aliphatic heterocycles. The number of ether oxygens (including phenoxy) is 2. The minimum Gasteiger partial charge on any atom is -0.497 e. The first-order valence-corrected chi connectivity index (χ1v) is 9.43. The van der Waals surface area contributed by atoms with Crippen LogP contribution in [0.4, 0.5) is 0 Å². The van der Waals surface area contributed by atoms with E-state index in [4.69, 9.17) is 9.47 Å². The fourth-order valence-electron chi connectivity index (χ4n) is 3.43. The molecule has 27 heavy (non-hydrogen) atoms. The minimum absolute atomic E-state index is 0.0256. The monoisotopic (exact) mass is 376 g/mol. The average molecular weight is 376 g/mol. The van der Waals surface area contributed by atoms with Crippen molar-refractivity contribution in [3.8, 4) is 5.75 Å². The van der Waals surface area contributed by atoms with E-state index in [0.29, 0.717) is 32.7 Å². The molecule has 1 aromatic rings. The van der Waals surface area contributed by atoms with Crippen LogP contribution in [0.5, 0.6) is 5.75 Å². The largest absolute Gasteiger partial charge is 0.497 e. The van der Waals surface area contributed by atoms with Crippen LogP contribution >= 0.6 is 0 Å². The predicted octanol–water partition coefficient (Wildman–Crippen LogP) is 2.44. The van der Waals surface area contributed by atoms with Crippen LogP contribution in [-0.4, -0.2) is 57.2 Å². The Morgan fingerprint density at radius 3 is 2.37 bits per heavy atom. The van der Waals surface area contributed by atoms with E-state index in [1.165, 1.54) is 0 Å². The maximum Gasteiger partial charge on any atom is 0.225 e. The molecule has 1 saturated heterocycles. The molecule has 0 radical (unpaired) electrons. The molecule has 0 spiro atoms. The Morgan fingerprint density at radius 2 is 1.81 bits per heavy atom. The van der Waals surface area contributed by atoms with Crippen molar-refractivity contribution in [3.05, 3.63) is 29.8 Å². The molecule has 2 rings (SSSR count). The highest BCUT2D eigenvalue weighted by Crippen LogP contribution is 2.35. The van der Waals surface area contributed by atoms with Gasteiger partial charge in [0, 0.05) is 39.1 Å². The number of amides is 2. The molecule has 2 unspecified atom stereocenters. The lowest BCUT2D eigenvalue weighted by molar-refractivity contribution is -0.132. The van der Waals surface area contributed by atoms with Crippen molar-refractivity contribution in [2.75, 3.05) is 40.5 Å². The molecule has 2 amide bonds. The SMILES string of the molecule is COCCNC(=O)C1CN(C(=O)CC(C)(C)C)CC1c1ccc(OC)cc1. The van der Waals surface area contributed by atoms with Gasteiger partial charge in [-0.25, -0.2) is 0 Å². The molecular formula is C21H32N2O4. The summed E-state index contributed by atoms with van der Waals surface area (Å²) < 4.78 is 10.2. The highest BCUT2D eigenvalue weighted by Gasteiger charge is 2.40. The molecular weight excluding hydrogens is 344 g/mol. The molecule has 1 fully saturated rings. The third kappa shape index (κ3) is 5.96. The highest BCUT2D eigenvalue weighted by molar-refractivity contribution is 5.83. The number of rotatable bonds is 7. The fourth-order valence-corrected chi connectivity index (χ4v) is 3.43. The van der Waals surface area contributed by atoms with E-state index >= 15 is 0 Å². The van der Waals surface area contributed by atoms with Crippen molar-refractivity contribution in [1.29, 1.82) is 0 Å². The van der Waals surface area contributed by atoms with Gasteiger partial charge < -0.3 is 19.7 Å². The van der Waals surface area contributed by atoms with E-state index < -0.39 is 0 Å². The van der Waals surface area contributed by atoms with Gasteiger partial charge in [-0.05, 0) is 23.1 Å². The van der Waals surface area contributed by atoms with Crippen LogP contribution in [0.2, 0.25) is 0 Å². The quantitative estimate of drug-likeness (QED) is 0.742. The van der Waals surface area contributed by atoms with Gasteiger partial charge >= 0.3 is 0 Å². The van der Waals surface area contributed by atoms with Crippen molar-refractivity contribution >= 4 is 11.8 Å². The molecule has 0 aromatic heterocycles. The molecule has 6 nitrogen and oxygen atoms in total. The van der Waals surface area contributed by atoms with Crippen molar-refractivity contribution in [2.24, 2.45) is 11.3 Å². The third-order valence-corrected chi connectivity index (χ3v) is 4.84. The molecule has 0 saturated carbocycles. The summed E-state index contributed by atoms with van der Waals surface area (Å²) in [5.74, 6) is 0.562. The van der Waals surface area contributed by atoms with Crippen LogP contribution in [-0.2, 0) is 14.3 Å². The molecule has 1 aliphatic rings. The number of benzene rings is 1. The van der Waals surface area contributed by atoms with Gasteiger partial charge in [0.05, 0.1) is 19.6 Å². The molecule has 1 N–H and O–H groups in total. The van der Waals surface area contributed by atoms with Crippen molar-refractivity contribution in [2.45, 2.75) is 33.1 Å². The first-order valence-electron chi connectivity index (χ1n) is 9.43. The Kier molecular flexibility index (Phi) is 7.25. The van der Waals surface area contributed by atoms with Crippen LogP contribution in [0, 0.1) is 11.3 Å². The number of likely N-dealkylation sites (tertiary alicyclic amines) is 1.